The first-order chi connectivity index (χ1) is 11.2. The Labute approximate surface area is 161 Å². The molecule has 0 unspecified atom stereocenters. The number of aliphatic imine (C=N–C) groups is 1. The van der Waals surface area contributed by atoms with Crippen LogP contribution in [0, 0.1) is 0 Å². The standard InChI is InChI=1S/C18H17ClN2OS.BrH/c19-15-9-7-14(8-10-15)17(22)13-21(16-5-2-1-3-6-16)18-20-11-4-12-23-18;/h1-3,5-10H,4,11-13H2;1H. The van der Waals surface area contributed by atoms with Gasteiger partial charge in [-0.15, -0.1) is 17.0 Å². The lowest BCUT2D eigenvalue weighted by molar-refractivity contribution is 0.100. The second-order valence-corrected chi connectivity index (χ2v) is 6.72. The van der Waals surface area contributed by atoms with Crippen LogP contribution in [0.15, 0.2) is 59.6 Å². The molecule has 24 heavy (non-hydrogen) atoms. The van der Waals surface area contributed by atoms with E-state index in [0.29, 0.717) is 10.6 Å². The number of carbonyl (C=O) groups is 1. The number of amidine groups is 1. The molecular weight excluding hydrogens is 408 g/mol. The summed E-state index contributed by atoms with van der Waals surface area (Å²) in [5.41, 5.74) is 1.65. The number of anilines is 1. The van der Waals surface area contributed by atoms with Crippen LogP contribution in [0.1, 0.15) is 16.8 Å². The highest BCUT2D eigenvalue weighted by atomic mass is 79.9. The summed E-state index contributed by atoms with van der Waals surface area (Å²) in [6.45, 7) is 1.10. The maximum atomic E-state index is 12.6. The average Bonchev–Trinajstić information content (AvgIpc) is 2.61. The van der Waals surface area contributed by atoms with Crippen LogP contribution in [-0.2, 0) is 0 Å². The number of ketones is 1. The molecule has 1 aliphatic rings. The van der Waals surface area contributed by atoms with E-state index < -0.39 is 0 Å². The Morgan fingerprint density at radius 1 is 1.12 bits per heavy atom. The number of hydrogen-bond donors (Lipinski definition) is 0. The third-order valence-corrected chi connectivity index (χ3v) is 4.90. The van der Waals surface area contributed by atoms with Gasteiger partial charge in [0.2, 0.25) is 0 Å². The minimum atomic E-state index is 0. The Bertz CT molecular complexity index is 707. The molecule has 0 saturated heterocycles. The zero-order valence-corrected chi connectivity index (χ0v) is 16.3. The van der Waals surface area contributed by atoms with Crippen LogP contribution in [0.5, 0.6) is 0 Å². The molecule has 0 radical (unpaired) electrons. The number of rotatable bonds is 4. The van der Waals surface area contributed by atoms with Crippen LogP contribution >= 0.6 is 40.3 Å². The minimum absolute atomic E-state index is 0. The fraction of sp³-hybridized carbons (Fsp3) is 0.222. The first-order valence-corrected chi connectivity index (χ1v) is 8.89. The van der Waals surface area contributed by atoms with E-state index in [-0.39, 0.29) is 29.3 Å². The summed E-state index contributed by atoms with van der Waals surface area (Å²) in [4.78, 5) is 19.2. The largest absolute Gasteiger partial charge is 0.313 e. The van der Waals surface area contributed by atoms with Crippen molar-refractivity contribution >= 4 is 57.0 Å². The van der Waals surface area contributed by atoms with Gasteiger partial charge in [-0.05, 0) is 42.8 Å². The van der Waals surface area contributed by atoms with Crippen molar-refractivity contribution in [3.63, 3.8) is 0 Å². The fourth-order valence-electron chi connectivity index (χ4n) is 2.36. The maximum Gasteiger partial charge on any atom is 0.182 e. The molecule has 2 aromatic carbocycles. The van der Waals surface area contributed by atoms with E-state index in [1.165, 1.54) is 0 Å². The number of carbonyl (C=O) groups excluding carboxylic acids is 1. The highest BCUT2D eigenvalue weighted by Gasteiger charge is 2.20. The van der Waals surface area contributed by atoms with Gasteiger partial charge in [-0.1, -0.05) is 41.6 Å². The van der Waals surface area contributed by atoms with Crippen molar-refractivity contribution in [1.29, 1.82) is 0 Å². The first-order valence-electron chi connectivity index (χ1n) is 7.52. The summed E-state index contributed by atoms with van der Waals surface area (Å²) in [5.74, 6) is 1.09. The number of hydrogen-bond acceptors (Lipinski definition) is 4. The summed E-state index contributed by atoms with van der Waals surface area (Å²) in [5, 5.41) is 1.55. The van der Waals surface area contributed by atoms with E-state index in [0.717, 1.165) is 29.6 Å². The van der Waals surface area contributed by atoms with Gasteiger partial charge in [-0.3, -0.25) is 9.79 Å². The molecule has 0 aliphatic carbocycles. The Hall–Kier alpha value is -1.30. The SMILES string of the molecule is Br.O=C(CN(C1=NCCCS1)c1ccccc1)c1ccc(Cl)cc1. The van der Waals surface area contributed by atoms with Crippen molar-refractivity contribution in [2.45, 2.75) is 6.42 Å². The molecule has 0 N–H and O–H groups in total. The van der Waals surface area contributed by atoms with Crippen molar-refractivity contribution in [3.05, 3.63) is 65.2 Å². The van der Waals surface area contributed by atoms with Crippen LogP contribution < -0.4 is 4.90 Å². The normalized spacial score (nSPS) is 13.6. The van der Waals surface area contributed by atoms with Crippen molar-refractivity contribution < 1.29 is 4.79 Å². The second-order valence-electron chi connectivity index (χ2n) is 5.22. The molecule has 0 bridgehead atoms. The lowest BCUT2D eigenvalue weighted by atomic mass is 10.1. The minimum Gasteiger partial charge on any atom is -0.313 e. The van der Waals surface area contributed by atoms with Crippen molar-refractivity contribution in [3.8, 4) is 0 Å². The van der Waals surface area contributed by atoms with Crippen LogP contribution in [0.3, 0.4) is 0 Å². The van der Waals surface area contributed by atoms with E-state index in [1.54, 1.807) is 36.0 Å². The van der Waals surface area contributed by atoms with Crippen LogP contribution in [0.2, 0.25) is 5.02 Å². The molecule has 0 aromatic heterocycles. The number of thioether (sulfide) groups is 1. The average molecular weight is 426 g/mol. The Morgan fingerprint density at radius 2 is 1.83 bits per heavy atom. The molecule has 0 saturated carbocycles. The molecule has 1 heterocycles. The predicted octanol–water partition coefficient (Wildman–Crippen LogP) is 5.10. The van der Waals surface area contributed by atoms with Gasteiger partial charge < -0.3 is 4.90 Å². The highest BCUT2D eigenvalue weighted by Crippen LogP contribution is 2.23. The molecule has 0 atom stereocenters. The summed E-state index contributed by atoms with van der Waals surface area (Å²) >= 11 is 7.60. The monoisotopic (exact) mass is 424 g/mol. The molecule has 2 aromatic rings. The zero-order valence-electron chi connectivity index (χ0n) is 13.0. The molecule has 0 spiro atoms. The molecule has 126 valence electrons. The van der Waals surface area contributed by atoms with Crippen LogP contribution in [0.25, 0.3) is 0 Å². The van der Waals surface area contributed by atoms with E-state index in [4.69, 9.17) is 11.6 Å². The molecule has 3 nitrogen and oxygen atoms in total. The third-order valence-electron chi connectivity index (χ3n) is 3.55. The lowest BCUT2D eigenvalue weighted by Crippen LogP contribution is -2.35. The van der Waals surface area contributed by atoms with Gasteiger partial charge in [0.15, 0.2) is 11.0 Å². The number of benzene rings is 2. The lowest BCUT2D eigenvalue weighted by Gasteiger charge is -2.27. The number of nitrogens with zero attached hydrogens (tertiary/aromatic N) is 2. The van der Waals surface area contributed by atoms with Crippen LogP contribution in [0.4, 0.5) is 5.69 Å². The molecule has 1 aliphatic heterocycles. The van der Waals surface area contributed by atoms with E-state index in [1.807, 2.05) is 35.2 Å². The number of para-hydroxylation sites is 1. The summed E-state index contributed by atoms with van der Waals surface area (Å²) < 4.78 is 0. The quantitative estimate of drug-likeness (QED) is 0.639. The van der Waals surface area contributed by atoms with Gasteiger partial charge in [-0.2, -0.15) is 0 Å². The molecular formula is C18H18BrClN2OS. The molecule has 6 heteroatoms. The Morgan fingerprint density at radius 3 is 2.46 bits per heavy atom. The van der Waals surface area contributed by atoms with Gasteiger partial charge in [-0.25, -0.2) is 0 Å². The maximum absolute atomic E-state index is 12.6. The highest BCUT2D eigenvalue weighted by molar-refractivity contribution is 8.93. The first kappa shape index (κ1) is 19.0. The molecule has 3 rings (SSSR count). The van der Waals surface area contributed by atoms with Gasteiger partial charge in [0, 0.05) is 28.6 Å². The van der Waals surface area contributed by atoms with Crippen LogP contribution in [-0.4, -0.2) is 29.8 Å². The predicted molar refractivity (Wildman–Crippen MR) is 109 cm³/mol. The van der Waals surface area contributed by atoms with E-state index in [2.05, 4.69) is 4.99 Å². The van der Waals surface area contributed by atoms with Crippen molar-refractivity contribution in [1.82, 2.24) is 0 Å². The van der Waals surface area contributed by atoms with Gasteiger partial charge in [0.1, 0.15) is 0 Å². The summed E-state index contributed by atoms with van der Waals surface area (Å²) in [6.07, 6.45) is 1.09. The Balaban J connectivity index is 0.00000208. The third kappa shape index (κ3) is 4.85. The smallest absolute Gasteiger partial charge is 0.182 e. The topological polar surface area (TPSA) is 32.7 Å². The Kier molecular flexibility index (Phi) is 7.34. The molecule has 0 amide bonds. The van der Waals surface area contributed by atoms with Gasteiger partial charge in [0.25, 0.3) is 0 Å². The van der Waals surface area contributed by atoms with Crippen molar-refractivity contribution in [2.24, 2.45) is 4.99 Å². The summed E-state index contributed by atoms with van der Waals surface area (Å²) in [6, 6.07) is 17.0. The van der Waals surface area contributed by atoms with Gasteiger partial charge >= 0.3 is 0 Å². The van der Waals surface area contributed by atoms with E-state index >= 15 is 0 Å². The van der Waals surface area contributed by atoms with Crippen molar-refractivity contribution in [2.75, 3.05) is 23.7 Å². The number of halogens is 2. The fourth-order valence-corrected chi connectivity index (χ4v) is 3.45. The van der Waals surface area contributed by atoms with Gasteiger partial charge in [0.05, 0.1) is 6.54 Å². The summed E-state index contributed by atoms with van der Waals surface area (Å²) in [7, 11) is 0. The zero-order chi connectivity index (χ0) is 16.1. The molecule has 0 fully saturated rings. The van der Waals surface area contributed by atoms with E-state index in [9.17, 15) is 4.79 Å². The number of Topliss-reactive ketones (excluding diaryl/α,β-unsaturated/α-hetero) is 1. The second kappa shape index (κ2) is 9.25.